The fraction of sp³-hybridized carbons (Fsp3) is 0.120. The molecule has 0 radical (unpaired) electrons. The Hall–Kier alpha value is -4.86. The molecule has 35 heavy (non-hydrogen) atoms. The molecule has 5 rings (SSSR count). The summed E-state index contributed by atoms with van der Waals surface area (Å²) in [5.41, 5.74) is 4.04. The minimum atomic E-state index is -0.410. The Labute approximate surface area is 199 Å². The molecular weight excluding hydrogens is 446 g/mol. The molecule has 0 aliphatic rings. The lowest BCUT2D eigenvalue weighted by Gasteiger charge is -2.12. The van der Waals surface area contributed by atoms with E-state index in [4.69, 9.17) is 0 Å². The summed E-state index contributed by atoms with van der Waals surface area (Å²) in [7, 11) is 0. The summed E-state index contributed by atoms with van der Waals surface area (Å²) in [6.45, 7) is 3.90. The predicted octanol–water partition coefficient (Wildman–Crippen LogP) is 4.10. The molecular formula is C25H21N7O3. The Morgan fingerprint density at radius 2 is 1.80 bits per heavy atom. The van der Waals surface area contributed by atoms with Crippen LogP contribution in [-0.4, -0.2) is 29.5 Å². The number of hydrogen-bond acceptors (Lipinski definition) is 7. The van der Waals surface area contributed by atoms with E-state index in [9.17, 15) is 14.9 Å². The van der Waals surface area contributed by atoms with Gasteiger partial charge in [0, 0.05) is 17.3 Å². The number of nitrogens with zero attached hydrogens (tertiary/aromatic N) is 6. The van der Waals surface area contributed by atoms with Crippen LogP contribution in [0.4, 0.5) is 11.4 Å². The zero-order valence-electron chi connectivity index (χ0n) is 19.0. The molecule has 0 atom stereocenters. The first-order chi connectivity index (χ1) is 16.9. The van der Waals surface area contributed by atoms with Crippen molar-refractivity contribution in [3.8, 4) is 11.4 Å². The molecule has 0 saturated carbocycles. The van der Waals surface area contributed by atoms with Crippen LogP contribution in [0.1, 0.15) is 17.1 Å². The highest BCUT2D eigenvalue weighted by molar-refractivity contribution is 5.81. The Morgan fingerprint density at radius 3 is 2.54 bits per heavy atom. The first kappa shape index (κ1) is 22.0. The molecule has 2 aromatic heterocycles. The Balaban J connectivity index is 1.36. The van der Waals surface area contributed by atoms with Crippen molar-refractivity contribution in [1.29, 1.82) is 0 Å². The molecule has 1 N–H and O–H groups in total. The highest BCUT2D eigenvalue weighted by atomic mass is 16.6. The van der Waals surface area contributed by atoms with Crippen LogP contribution >= 0.6 is 0 Å². The van der Waals surface area contributed by atoms with Gasteiger partial charge in [0.15, 0.2) is 0 Å². The van der Waals surface area contributed by atoms with E-state index in [1.54, 1.807) is 40.6 Å². The summed E-state index contributed by atoms with van der Waals surface area (Å²) in [6, 6.07) is 19.7. The number of aryl methyl sites for hydroxylation is 2. The van der Waals surface area contributed by atoms with Gasteiger partial charge < -0.3 is 5.32 Å². The molecule has 0 fully saturated rings. The summed E-state index contributed by atoms with van der Waals surface area (Å²) in [5, 5.41) is 23.2. The van der Waals surface area contributed by atoms with Gasteiger partial charge >= 0.3 is 0 Å². The van der Waals surface area contributed by atoms with Crippen molar-refractivity contribution >= 4 is 22.3 Å². The van der Waals surface area contributed by atoms with Crippen LogP contribution in [0.3, 0.4) is 0 Å². The van der Waals surface area contributed by atoms with Gasteiger partial charge in [-0.3, -0.25) is 19.5 Å². The molecule has 2 heterocycles. The van der Waals surface area contributed by atoms with Gasteiger partial charge in [0.2, 0.25) is 0 Å². The summed E-state index contributed by atoms with van der Waals surface area (Å²) >= 11 is 0. The second kappa shape index (κ2) is 8.82. The number of fused-ring (bicyclic) bond motifs is 1. The quantitative estimate of drug-likeness (QED) is 0.295. The van der Waals surface area contributed by atoms with E-state index in [1.807, 2.05) is 49.4 Å². The van der Waals surface area contributed by atoms with E-state index in [-0.39, 0.29) is 11.2 Å². The van der Waals surface area contributed by atoms with Crippen molar-refractivity contribution < 1.29 is 4.92 Å². The van der Waals surface area contributed by atoms with E-state index >= 15 is 0 Å². The molecule has 10 nitrogen and oxygen atoms in total. The smallest absolute Gasteiger partial charge is 0.272 e. The van der Waals surface area contributed by atoms with Crippen LogP contribution < -0.4 is 10.9 Å². The van der Waals surface area contributed by atoms with Crippen molar-refractivity contribution in [3.63, 3.8) is 0 Å². The van der Waals surface area contributed by atoms with Gasteiger partial charge in [-0.2, -0.15) is 0 Å². The fourth-order valence-corrected chi connectivity index (χ4v) is 3.97. The minimum absolute atomic E-state index is 0.0615. The molecule has 0 saturated heterocycles. The molecule has 0 spiro atoms. The van der Waals surface area contributed by atoms with E-state index in [0.29, 0.717) is 40.2 Å². The van der Waals surface area contributed by atoms with E-state index < -0.39 is 4.92 Å². The summed E-state index contributed by atoms with van der Waals surface area (Å²) in [6.07, 6.45) is 1.76. The summed E-state index contributed by atoms with van der Waals surface area (Å²) in [5.74, 6) is 0.604. The molecule has 5 aromatic rings. The minimum Gasteiger partial charge on any atom is -0.379 e. The molecule has 3 aromatic carbocycles. The van der Waals surface area contributed by atoms with Crippen molar-refractivity contribution in [2.75, 3.05) is 5.32 Å². The fourth-order valence-electron chi connectivity index (χ4n) is 3.97. The zero-order valence-corrected chi connectivity index (χ0v) is 19.0. The number of nitro benzene ring substituents is 1. The van der Waals surface area contributed by atoms with Crippen molar-refractivity contribution in [3.05, 3.63) is 110 Å². The Morgan fingerprint density at radius 1 is 1.00 bits per heavy atom. The van der Waals surface area contributed by atoms with Gasteiger partial charge in [-0.25, -0.2) is 9.67 Å². The maximum absolute atomic E-state index is 13.1. The van der Waals surface area contributed by atoms with Gasteiger partial charge in [-0.15, -0.1) is 5.10 Å². The van der Waals surface area contributed by atoms with Crippen molar-refractivity contribution in [1.82, 2.24) is 24.5 Å². The summed E-state index contributed by atoms with van der Waals surface area (Å²) in [4.78, 5) is 28.4. The van der Waals surface area contributed by atoms with Gasteiger partial charge in [-0.05, 0) is 56.3 Å². The number of nitro groups is 1. The number of benzene rings is 3. The Bertz CT molecular complexity index is 1620. The standard InChI is InChI=1S/C25H21N7O3/c1-16-12-21(9-11-24(16)32(34)35)30-15-19(28-29-30)14-26-18-8-10-22-23(13-18)27-17(2)31(25(22)33)20-6-4-3-5-7-20/h3-13,15,26H,14H2,1-2H3. The van der Waals surface area contributed by atoms with Crippen LogP contribution in [0.15, 0.2) is 77.7 Å². The first-order valence-electron chi connectivity index (χ1n) is 10.9. The first-order valence-corrected chi connectivity index (χ1v) is 10.9. The molecule has 0 aliphatic carbocycles. The largest absolute Gasteiger partial charge is 0.379 e. The lowest BCUT2D eigenvalue weighted by Crippen LogP contribution is -2.22. The predicted molar refractivity (Wildman–Crippen MR) is 132 cm³/mol. The van der Waals surface area contributed by atoms with E-state index in [0.717, 1.165) is 11.4 Å². The molecule has 10 heteroatoms. The number of nitrogens with one attached hydrogen (secondary N) is 1. The second-order valence-corrected chi connectivity index (χ2v) is 8.10. The molecule has 0 aliphatic heterocycles. The highest BCUT2D eigenvalue weighted by Gasteiger charge is 2.13. The lowest BCUT2D eigenvalue weighted by molar-refractivity contribution is -0.385. The monoisotopic (exact) mass is 467 g/mol. The van der Waals surface area contributed by atoms with Gasteiger partial charge in [0.1, 0.15) is 11.5 Å². The normalized spacial score (nSPS) is 11.0. The molecule has 0 amide bonds. The van der Waals surface area contributed by atoms with Gasteiger partial charge in [0.25, 0.3) is 11.2 Å². The number of hydrogen-bond donors (Lipinski definition) is 1. The lowest BCUT2D eigenvalue weighted by atomic mass is 10.2. The van der Waals surface area contributed by atoms with Crippen LogP contribution in [0.2, 0.25) is 0 Å². The van der Waals surface area contributed by atoms with Gasteiger partial charge in [-0.1, -0.05) is 23.4 Å². The third-order valence-corrected chi connectivity index (χ3v) is 5.71. The van der Waals surface area contributed by atoms with Crippen LogP contribution in [0.25, 0.3) is 22.3 Å². The van der Waals surface area contributed by atoms with E-state index in [1.165, 1.54) is 6.07 Å². The average molecular weight is 467 g/mol. The van der Waals surface area contributed by atoms with Crippen LogP contribution in [-0.2, 0) is 6.54 Å². The van der Waals surface area contributed by atoms with Crippen LogP contribution in [0.5, 0.6) is 0 Å². The third-order valence-electron chi connectivity index (χ3n) is 5.71. The van der Waals surface area contributed by atoms with Crippen LogP contribution in [0, 0.1) is 24.0 Å². The number of rotatable bonds is 6. The zero-order chi connectivity index (χ0) is 24.5. The average Bonchev–Trinajstić information content (AvgIpc) is 3.32. The molecule has 0 unspecified atom stereocenters. The topological polar surface area (TPSA) is 121 Å². The number of para-hydroxylation sites is 1. The molecule has 0 bridgehead atoms. The second-order valence-electron chi connectivity index (χ2n) is 8.10. The van der Waals surface area contributed by atoms with Crippen molar-refractivity contribution in [2.45, 2.75) is 20.4 Å². The number of aromatic nitrogens is 5. The highest BCUT2D eigenvalue weighted by Crippen LogP contribution is 2.21. The number of anilines is 1. The third kappa shape index (κ3) is 4.24. The summed E-state index contributed by atoms with van der Waals surface area (Å²) < 4.78 is 3.18. The van der Waals surface area contributed by atoms with Gasteiger partial charge in [0.05, 0.1) is 39.9 Å². The van der Waals surface area contributed by atoms with Crippen molar-refractivity contribution in [2.24, 2.45) is 0 Å². The Kier molecular flexibility index (Phi) is 5.54. The van der Waals surface area contributed by atoms with E-state index in [2.05, 4.69) is 20.6 Å². The SMILES string of the molecule is Cc1cc(-n2cc(CNc3ccc4c(=O)n(-c5ccccc5)c(C)nc4c3)nn2)ccc1[N+](=O)[O-]. The molecule has 174 valence electrons. The maximum Gasteiger partial charge on any atom is 0.272 e. The maximum atomic E-state index is 13.1.